The summed E-state index contributed by atoms with van der Waals surface area (Å²) in [6.45, 7) is 3.99. The van der Waals surface area contributed by atoms with Crippen molar-refractivity contribution in [2.45, 2.75) is 39.3 Å². The zero-order chi connectivity index (χ0) is 20.8. The summed E-state index contributed by atoms with van der Waals surface area (Å²) in [5, 5.41) is 16.7. The lowest BCUT2D eigenvalue weighted by Gasteiger charge is -2.14. The van der Waals surface area contributed by atoms with Crippen LogP contribution in [0.2, 0.25) is 0 Å². The third-order valence-corrected chi connectivity index (χ3v) is 4.51. The van der Waals surface area contributed by atoms with Gasteiger partial charge < -0.3 is 14.8 Å². The van der Waals surface area contributed by atoms with Crippen molar-refractivity contribution in [3.63, 3.8) is 0 Å². The van der Waals surface area contributed by atoms with E-state index in [0.717, 1.165) is 12.8 Å². The molecular formula is C20H23N5O4. The molecule has 0 aliphatic heterocycles. The second kappa shape index (κ2) is 9.24. The molecule has 1 amide bonds. The number of oxazole rings is 1. The predicted molar refractivity (Wildman–Crippen MR) is 105 cm³/mol. The molecule has 3 aromatic rings. The fourth-order valence-corrected chi connectivity index (χ4v) is 2.89. The van der Waals surface area contributed by atoms with E-state index in [4.69, 9.17) is 4.42 Å². The van der Waals surface area contributed by atoms with Crippen molar-refractivity contribution >= 4 is 12.2 Å². The molecule has 9 heteroatoms. The lowest BCUT2D eigenvalue weighted by Crippen LogP contribution is -2.35. The Morgan fingerprint density at radius 2 is 2.07 bits per heavy atom. The molecular weight excluding hydrogens is 374 g/mol. The highest BCUT2D eigenvalue weighted by atomic mass is 16.4. The Balaban J connectivity index is 1.93. The summed E-state index contributed by atoms with van der Waals surface area (Å²) in [7, 11) is 0. The van der Waals surface area contributed by atoms with Crippen LogP contribution >= 0.6 is 0 Å². The summed E-state index contributed by atoms with van der Waals surface area (Å²) in [4.78, 5) is 32.0. The SMILES string of the molecule is CCC(CC)NC(=O)c1nc(-c2cccc(-c3ncc(C=O)o3)c2)nn1CCO. The maximum absolute atomic E-state index is 12.7. The van der Waals surface area contributed by atoms with E-state index < -0.39 is 0 Å². The Morgan fingerprint density at radius 3 is 2.72 bits per heavy atom. The lowest BCUT2D eigenvalue weighted by molar-refractivity contribution is 0.0916. The van der Waals surface area contributed by atoms with Gasteiger partial charge in [-0.15, -0.1) is 0 Å². The van der Waals surface area contributed by atoms with Crippen LogP contribution in [0.25, 0.3) is 22.8 Å². The van der Waals surface area contributed by atoms with Crippen LogP contribution in [-0.4, -0.2) is 49.7 Å². The largest absolute Gasteiger partial charge is 0.433 e. The molecule has 0 radical (unpaired) electrons. The average molecular weight is 397 g/mol. The highest BCUT2D eigenvalue weighted by molar-refractivity contribution is 5.91. The second-order valence-corrected chi connectivity index (χ2v) is 6.46. The minimum Gasteiger partial charge on any atom is -0.433 e. The third kappa shape index (κ3) is 4.57. The molecule has 0 spiro atoms. The summed E-state index contributed by atoms with van der Waals surface area (Å²) in [5.74, 6) is 0.597. The van der Waals surface area contributed by atoms with Crippen molar-refractivity contribution in [1.29, 1.82) is 0 Å². The van der Waals surface area contributed by atoms with Gasteiger partial charge in [-0.25, -0.2) is 14.6 Å². The Morgan fingerprint density at radius 1 is 1.31 bits per heavy atom. The number of carbonyl (C=O) groups is 2. The van der Waals surface area contributed by atoms with Crippen molar-refractivity contribution in [3.8, 4) is 22.8 Å². The lowest BCUT2D eigenvalue weighted by atomic mass is 10.1. The van der Waals surface area contributed by atoms with Crippen molar-refractivity contribution in [2.75, 3.05) is 6.61 Å². The highest BCUT2D eigenvalue weighted by Crippen LogP contribution is 2.24. The number of aliphatic hydroxyl groups is 1. The van der Waals surface area contributed by atoms with Gasteiger partial charge in [0.15, 0.2) is 17.9 Å². The number of hydrogen-bond acceptors (Lipinski definition) is 7. The number of aromatic nitrogens is 4. The van der Waals surface area contributed by atoms with Crippen LogP contribution in [0, 0.1) is 0 Å². The molecule has 3 rings (SSSR count). The number of aliphatic hydroxyl groups excluding tert-OH is 1. The minimum absolute atomic E-state index is 0.0468. The zero-order valence-electron chi connectivity index (χ0n) is 16.3. The molecule has 29 heavy (non-hydrogen) atoms. The van der Waals surface area contributed by atoms with Crippen molar-refractivity contribution in [1.82, 2.24) is 25.1 Å². The van der Waals surface area contributed by atoms with Crippen LogP contribution in [0.3, 0.4) is 0 Å². The molecule has 0 atom stereocenters. The maximum Gasteiger partial charge on any atom is 0.289 e. The average Bonchev–Trinajstić information content (AvgIpc) is 3.39. The molecule has 0 fully saturated rings. The number of aldehydes is 1. The first kappa shape index (κ1) is 20.4. The molecule has 2 heterocycles. The molecule has 2 aromatic heterocycles. The van der Waals surface area contributed by atoms with E-state index >= 15 is 0 Å². The van der Waals surface area contributed by atoms with E-state index in [1.54, 1.807) is 24.3 Å². The van der Waals surface area contributed by atoms with Gasteiger partial charge in [0.1, 0.15) is 0 Å². The summed E-state index contributed by atoms with van der Waals surface area (Å²) in [5.41, 5.74) is 1.30. The number of nitrogens with zero attached hydrogens (tertiary/aromatic N) is 4. The van der Waals surface area contributed by atoms with Crippen LogP contribution in [0.15, 0.2) is 34.9 Å². The van der Waals surface area contributed by atoms with Gasteiger partial charge in [0, 0.05) is 17.2 Å². The Labute approximate surface area is 167 Å². The monoisotopic (exact) mass is 397 g/mol. The van der Waals surface area contributed by atoms with E-state index in [0.29, 0.717) is 29.1 Å². The number of hydrogen-bond donors (Lipinski definition) is 2. The molecule has 152 valence electrons. The molecule has 0 aliphatic rings. The van der Waals surface area contributed by atoms with E-state index in [1.165, 1.54) is 10.9 Å². The predicted octanol–water partition coefficient (Wildman–Crippen LogP) is 2.32. The van der Waals surface area contributed by atoms with E-state index in [-0.39, 0.29) is 36.7 Å². The summed E-state index contributed by atoms with van der Waals surface area (Å²) >= 11 is 0. The quantitative estimate of drug-likeness (QED) is 0.531. The van der Waals surface area contributed by atoms with E-state index in [2.05, 4.69) is 20.4 Å². The van der Waals surface area contributed by atoms with Crippen molar-refractivity contribution in [3.05, 3.63) is 42.0 Å². The van der Waals surface area contributed by atoms with Crippen molar-refractivity contribution < 1.29 is 19.1 Å². The van der Waals surface area contributed by atoms with Gasteiger partial charge in [-0.1, -0.05) is 26.0 Å². The summed E-state index contributed by atoms with van der Waals surface area (Å²) in [6, 6.07) is 7.18. The summed E-state index contributed by atoms with van der Waals surface area (Å²) in [6.07, 6.45) is 3.56. The minimum atomic E-state index is -0.328. The van der Waals surface area contributed by atoms with Gasteiger partial charge in [-0.2, -0.15) is 5.10 Å². The van der Waals surface area contributed by atoms with Gasteiger partial charge in [0.25, 0.3) is 5.91 Å². The second-order valence-electron chi connectivity index (χ2n) is 6.46. The number of carbonyl (C=O) groups excluding carboxylic acids is 2. The number of benzene rings is 1. The molecule has 0 saturated carbocycles. The number of nitrogens with one attached hydrogen (secondary N) is 1. The number of amides is 1. The van der Waals surface area contributed by atoms with Gasteiger partial charge in [-0.05, 0) is 25.0 Å². The van der Waals surface area contributed by atoms with Gasteiger partial charge >= 0.3 is 0 Å². The standard InChI is InChI=1S/C20H23N5O4/c1-3-15(4-2)22-19(28)18-23-17(24-25(18)8-9-26)13-6-5-7-14(10-13)20-21-11-16(12-27)29-20/h5-7,10-12,15,26H,3-4,8-9H2,1-2H3,(H,22,28). The maximum atomic E-state index is 12.7. The molecule has 2 N–H and O–H groups in total. The Bertz CT molecular complexity index is 990. The van der Waals surface area contributed by atoms with Gasteiger partial charge in [-0.3, -0.25) is 9.59 Å². The fraction of sp³-hybridized carbons (Fsp3) is 0.350. The van der Waals surface area contributed by atoms with Crippen LogP contribution < -0.4 is 5.32 Å². The highest BCUT2D eigenvalue weighted by Gasteiger charge is 2.20. The molecule has 0 saturated heterocycles. The Kier molecular flexibility index (Phi) is 6.50. The first-order valence-electron chi connectivity index (χ1n) is 9.47. The fourth-order valence-electron chi connectivity index (χ4n) is 2.89. The van der Waals surface area contributed by atoms with Crippen LogP contribution in [0.4, 0.5) is 0 Å². The Hall–Kier alpha value is -3.33. The van der Waals surface area contributed by atoms with Crippen LogP contribution in [0.5, 0.6) is 0 Å². The molecule has 9 nitrogen and oxygen atoms in total. The smallest absolute Gasteiger partial charge is 0.289 e. The molecule has 0 bridgehead atoms. The van der Waals surface area contributed by atoms with Gasteiger partial charge in [0.05, 0.1) is 19.3 Å². The molecule has 1 aromatic carbocycles. The third-order valence-electron chi connectivity index (χ3n) is 4.51. The van der Waals surface area contributed by atoms with E-state index in [1.807, 2.05) is 13.8 Å². The first-order chi connectivity index (χ1) is 14.1. The van der Waals surface area contributed by atoms with Crippen LogP contribution in [-0.2, 0) is 6.54 Å². The van der Waals surface area contributed by atoms with Crippen molar-refractivity contribution in [2.24, 2.45) is 0 Å². The zero-order valence-corrected chi connectivity index (χ0v) is 16.3. The first-order valence-corrected chi connectivity index (χ1v) is 9.47. The summed E-state index contributed by atoms with van der Waals surface area (Å²) < 4.78 is 6.76. The van der Waals surface area contributed by atoms with E-state index in [9.17, 15) is 14.7 Å². The molecule has 0 aliphatic carbocycles. The molecule has 0 unspecified atom stereocenters. The van der Waals surface area contributed by atoms with Gasteiger partial charge in [0.2, 0.25) is 11.7 Å². The normalized spacial score (nSPS) is 11.0. The topological polar surface area (TPSA) is 123 Å². The number of rotatable bonds is 9. The van der Waals surface area contributed by atoms with Crippen LogP contribution in [0.1, 0.15) is 47.9 Å².